The van der Waals surface area contributed by atoms with Gasteiger partial charge >= 0.3 is 0 Å². The SMILES string of the molecule is c1c[nH]c(CNc2ccc(N3CCCCC3)nc2)c1. The summed E-state index contributed by atoms with van der Waals surface area (Å²) in [5.41, 5.74) is 2.25. The Balaban J connectivity index is 1.58. The van der Waals surface area contributed by atoms with E-state index in [4.69, 9.17) is 0 Å². The van der Waals surface area contributed by atoms with Gasteiger partial charge in [-0.05, 0) is 43.5 Å². The van der Waals surface area contributed by atoms with Crippen LogP contribution in [0.2, 0.25) is 0 Å². The molecule has 3 rings (SSSR count). The first-order chi connectivity index (χ1) is 9.42. The number of nitrogens with one attached hydrogen (secondary N) is 2. The maximum absolute atomic E-state index is 4.56. The van der Waals surface area contributed by atoms with Gasteiger partial charge in [-0.2, -0.15) is 0 Å². The van der Waals surface area contributed by atoms with Gasteiger partial charge in [0.15, 0.2) is 0 Å². The van der Waals surface area contributed by atoms with Crippen molar-refractivity contribution < 1.29 is 0 Å². The first-order valence-electron chi connectivity index (χ1n) is 6.99. The van der Waals surface area contributed by atoms with Crippen LogP contribution in [0.25, 0.3) is 0 Å². The number of aromatic nitrogens is 2. The van der Waals surface area contributed by atoms with Crippen LogP contribution in [-0.4, -0.2) is 23.1 Å². The van der Waals surface area contributed by atoms with Crippen LogP contribution in [0.3, 0.4) is 0 Å². The molecule has 0 saturated carbocycles. The fraction of sp³-hybridized carbons (Fsp3) is 0.400. The lowest BCUT2D eigenvalue weighted by Gasteiger charge is -2.27. The monoisotopic (exact) mass is 256 g/mol. The highest BCUT2D eigenvalue weighted by atomic mass is 15.2. The molecule has 3 heterocycles. The van der Waals surface area contributed by atoms with E-state index in [2.05, 4.69) is 38.4 Å². The number of H-pyrrole nitrogens is 1. The summed E-state index contributed by atoms with van der Waals surface area (Å²) in [4.78, 5) is 10.1. The lowest BCUT2D eigenvalue weighted by Crippen LogP contribution is -2.30. The van der Waals surface area contributed by atoms with E-state index in [1.54, 1.807) is 0 Å². The number of rotatable bonds is 4. The molecule has 1 aliphatic rings. The molecule has 1 saturated heterocycles. The first kappa shape index (κ1) is 12.1. The Bertz CT molecular complexity index is 483. The summed E-state index contributed by atoms with van der Waals surface area (Å²) in [5.74, 6) is 1.10. The van der Waals surface area contributed by atoms with E-state index in [0.29, 0.717) is 0 Å². The molecule has 4 heteroatoms. The van der Waals surface area contributed by atoms with Crippen LogP contribution in [0.4, 0.5) is 11.5 Å². The molecular formula is C15H20N4. The second-order valence-corrected chi connectivity index (χ2v) is 5.00. The zero-order valence-corrected chi connectivity index (χ0v) is 11.1. The van der Waals surface area contributed by atoms with Crippen molar-refractivity contribution in [3.63, 3.8) is 0 Å². The normalized spacial score (nSPS) is 15.5. The van der Waals surface area contributed by atoms with Gasteiger partial charge in [0, 0.05) is 25.0 Å². The topological polar surface area (TPSA) is 44.0 Å². The molecule has 0 atom stereocenters. The van der Waals surface area contributed by atoms with Gasteiger partial charge in [0.1, 0.15) is 5.82 Å². The predicted octanol–water partition coefficient (Wildman–Crippen LogP) is 3.01. The Labute approximate surface area is 113 Å². The van der Waals surface area contributed by atoms with Crippen molar-refractivity contribution in [3.8, 4) is 0 Å². The van der Waals surface area contributed by atoms with Crippen molar-refractivity contribution in [1.29, 1.82) is 0 Å². The fourth-order valence-electron chi connectivity index (χ4n) is 2.48. The van der Waals surface area contributed by atoms with Crippen molar-refractivity contribution >= 4 is 11.5 Å². The lowest BCUT2D eigenvalue weighted by molar-refractivity contribution is 0.573. The quantitative estimate of drug-likeness (QED) is 0.883. The molecule has 0 radical (unpaired) electrons. The maximum Gasteiger partial charge on any atom is 0.128 e. The molecule has 1 aliphatic heterocycles. The fourth-order valence-corrected chi connectivity index (χ4v) is 2.48. The summed E-state index contributed by atoms with van der Waals surface area (Å²) in [6.07, 6.45) is 7.79. The van der Waals surface area contributed by atoms with E-state index in [9.17, 15) is 0 Å². The zero-order valence-electron chi connectivity index (χ0n) is 11.1. The highest BCUT2D eigenvalue weighted by Crippen LogP contribution is 2.19. The lowest BCUT2D eigenvalue weighted by atomic mass is 10.1. The van der Waals surface area contributed by atoms with Crippen LogP contribution < -0.4 is 10.2 Å². The third kappa shape index (κ3) is 3.08. The second kappa shape index (κ2) is 5.78. The number of anilines is 2. The molecule has 0 amide bonds. The molecule has 0 bridgehead atoms. The average molecular weight is 256 g/mol. The summed E-state index contributed by atoms with van der Waals surface area (Å²) in [5, 5.41) is 3.36. The third-order valence-corrected chi connectivity index (χ3v) is 3.57. The molecule has 2 aromatic heterocycles. The van der Waals surface area contributed by atoms with E-state index in [-0.39, 0.29) is 0 Å². The number of hydrogen-bond donors (Lipinski definition) is 2. The summed E-state index contributed by atoms with van der Waals surface area (Å²) >= 11 is 0. The van der Waals surface area contributed by atoms with E-state index in [1.165, 1.54) is 25.0 Å². The van der Waals surface area contributed by atoms with Crippen LogP contribution in [0.1, 0.15) is 25.0 Å². The predicted molar refractivity (Wildman–Crippen MR) is 78.4 cm³/mol. The minimum absolute atomic E-state index is 0.803. The van der Waals surface area contributed by atoms with Gasteiger partial charge in [-0.25, -0.2) is 4.98 Å². The van der Waals surface area contributed by atoms with E-state index < -0.39 is 0 Å². The highest BCUT2D eigenvalue weighted by molar-refractivity contribution is 5.48. The largest absolute Gasteiger partial charge is 0.378 e. The van der Waals surface area contributed by atoms with E-state index in [0.717, 1.165) is 31.1 Å². The van der Waals surface area contributed by atoms with Gasteiger partial charge in [-0.15, -0.1) is 0 Å². The zero-order chi connectivity index (χ0) is 12.9. The van der Waals surface area contributed by atoms with Crippen molar-refractivity contribution in [2.45, 2.75) is 25.8 Å². The standard InChI is InChI=1S/C15H20N4/c1-2-9-19(10-3-1)15-7-6-14(12-18-15)17-11-13-5-4-8-16-13/h4-8,12,16-17H,1-3,9-11H2. The van der Waals surface area contributed by atoms with Crippen LogP contribution in [0, 0.1) is 0 Å². The van der Waals surface area contributed by atoms with Crippen molar-refractivity contribution in [3.05, 3.63) is 42.4 Å². The molecule has 2 N–H and O–H groups in total. The van der Waals surface area contributed by atoms with Crippen LogP contribution in [-0.2, 0) is 6.54 Å². The Morgan fingerprint density at radius 2 is 2.05 bits per heavy atom. The van der Waals surface area contributed by atoms with Crippen molar-refractivity contribution in [2.24, 2.45) is 0 Å². The Hall–Kier alpha value is -1.97. The number of hydrogen-bond acceptors (Lipinski definition) is 3. The van der Waals surface area contributed by atoms with Gasteiger partial charge in [-0.3, -0.25) is 0 Å². The minimum Gasteiger partial charge on any atom is -0.378 e. The van der Waals surface area contributed by atoms with Gasteiger partial charge in [0.25, 0.3) is 0 Å². The summed E-state index contributed by atoms with van der Waals surface area (Å²) in [6, 6.07) is 8.31. The molecule has 0 spiro atoms. The first-order valence-corrected chi connectivity index (χ1v) is 6.99. The summed E-state index contributed by atoms with van der Waals surface area (Å²) in [6.45, 7) is 3.09. The van der Waals surface area contributed by atoms with E-state index in [1.807, 2.05) is 18.5 Å². The maximum atomic E-state index is 4.56. The van der Waals surface area contributed by atoms with Gasteiger partial charge in [0.2, 0.25) is 0 Å². The average Bonchev–Trinajstić information content (AvgIpc) is 3.00. The number of aromatic amines is 1. The minimum atomic E-state index is 0.803. The molecule has 0 aromatic carbocycles. The van der Waals surface area contributed by atoms with Crippen molar-refractivity contribution in [2.75, 3.05) is 23.3 Å². The molecule has 0 unspecified atom stereocenters. The van der Waals surface area contributed by atoms with Gasteiger partial charge in [-0.1, -0.05) is 0 Å². The number of piperidine rings is 1. The van der Waals surface area contributed by atoms with Gasteiger partial charge in [0.05, 0.1) is 18.4 Å². The smallest absolute Gasteiger partial charge is 0.128 e. The molecule has 4 nitrogen and oxygen atoms in total. The Morgan fingerprint density at radius 3 is 2.74 bits per heavy atom. The highest BCUT2D eigenvalue weighted by Gasteiger charge is 2.11. The Morgan fingerprint density at radius 1 is 1.16 bits per heavy atom. The number of pyridine rings is 1. The molecule has 2 aromatic rings. The van der Waals surface area contributed by atoms with Crippen LogP contribution >= 0.6 is 0 Å². The van der Waals surface area contributed by atoms with Crippen molar-refractivity contribution in [1.82, 2.24) is 9.97 Å². The second-order valence-electron chi connectivity index (χ2n) is 5.00. The number of nitrogens with zero attached hydrogens (tertiary/aromatic N) is 2. The summed E-state index contributed by atoms with van der Waals surface area (Å²) < 4.78 is 0. The third-order valence-electron chi connectivity index (χ3n) is 3.57. The molecule has 1 fully saturated rings. The summed E-state index contributed by atoms with van der Waals surface area (Å²) in [7, 11) is 0. The molecule has 100 valence electrons. The van der Waals surface area contributed by atoms with E-state index >= 15 is 0 Å². The Kier molecular flexibility index (Phi) is 3.68. The van der Waals surface area contributed by atoms with Gasteiger partial charge < -0.3 is 15.2 Å². The molecule has 0 aliphatic carbocycles. The molecular weight excluding hydrogens is 236 g/mol. The molecule has 19 heavy (non-hydrogen) atoms. The van der Waals surface area contributed by atoms with Crippen LogP contribution in [0.5, 0.6) is 0 Å². The van der Waals surface area contributed by atoms with Crippen LogP contribution in [0.15, 0.2) is 36.7 Å².